The van der Waals surface area contributed by atoms with Gasteiger partial charge in [0.15, 0.2) is 10.6 Å². The first-order chi connectivity index (χ1) is 15.0. The monoisotopic (exact) mass is 444 g/mol. The molecule has 0 aliphatic rings. The summed E-state index contributed by atoms with van der Waals surface area (Å²) in [6.45, 7) is 4.41. The third-order valence-corrected chi connectivity index (χ3v) is 6.06. The van der Waals surface area contributed by atoms with E-state index < -0.39 is 0 Å². The number of hydrogen-bond donors (Lipinski definition) is 2. The number of halogens is 1. The number of nitrogens with one attached hydrogen (secondary N) is 2. The molecule has 0 spiro atoms. The van der Waals surface area contributed by atoms with Crippen molar-refractivity contribution in [1.82, 2.24) is 19.7 Å². The van der Waals surface area contributed by atoms with Crippen molar-refractivity contribution >= 4 is 34.7 Å². The van der Waals surface area contributed by atoms with Crippen LogP contribution in [0.3, 0.4) is 0 Å². The lowest BCUT2D eigenvalue weighted by molar-refractivity contribution is 0.873. The van der Waals surface area contributed by atoms with Crippen molar-refractivity contribution in [3.8, 4) is 28.3 Å². The summed E-state index contributed by atoms with van der Waals surface area (Å²) in [6, 6.07) is 24.4. The van der Waals surface area contributed by atoms with Gasteiger partial charge in [-0.1, -0.05) is 74.0 Å². The zero-order chi connectivity index (χ0) is 21.5. The van der Waals surface area contributed by atoms with Gasteiger partial charge in [0.1, 0.15) is 0 Å². The molecule has 4 nitrogen and oxygen atoms in total. The Bertz CT molecular complexity index is 1430. The maximum absolute atomic E-state index is 6.18. The predicted octanol–water partition coefficient (Wildman–Crippen LogP) is 7.52. The molecular weight excluding hydrogens is 424 g/mol. The smallest absolute Gasteiger partial charge is 0.200 e. The van der Waals surface area contributed by atoms with Crippen molar-refractivity contribution in [2.45, 2.75) is 19.8 Å². The van der Waals surface area contributed by atoms with Gasteiger partial charge in [0.25, 0.3) is 0 Å². The Morgan fingerprint density at radius 2 is 1.68 bits per heavy atom. The fraction of sp³-hybridized carbons (Fsp3) is 0.120. The Balaban J connectivity index is 1.87. The molecule has 0 atom stereocenters. The lowest BCUT2D eigenvalue weighted by Gasteiger charge is -2.09. The van der Waals surface area contributed by atoms with Crippen LogP contribution in [0, 0.1) is 4.77 Å². The number of rotatable bonds is 4. The van der Waals surface area contributed by atoms with Gasteiger partial charge in [-0.3, -0.25) is 9.67 Å². The van der Waals surface area contributed by atoms with E-state index >= 15 is 0 Å². The van der Waals surface area contributed by atoms with E-state index in [1.807, 2.05) is 59.2 Å². The molecular formula is C25H21ClN4S. The summed E-state index contributed by atoms with van der Waals surface area (Å²) >= 11 is 11.8. The van der Waals surface area contributed by atoms with Crippen molar-refractivity contribution < 1.29 is 0 Å². The van der Waals surface area contributed by atoms with Crippen molar-refractivity contribution in [3.63, 3.8) is 0 Å². The number of para-hydroxylation sites is 2. The van der Waals surface area contributed by atoms with Crippen LogP contribution < -0.4 is 0 Å². The minimum atomic E-state index is 0.378. The van der Waals surface area contributed by atoms with E-state index in [1.165, 1.54) is 5.56 Å². The Morgan fingerprint density at radius 1 is 0.935 bits per heavy atom. The van der Waals surface area contributed by atoms with E-state index in [2.05, 4.69) is 47.2 Å². The highest BCUT2D eigenvalue weighted by atomic mass is 35.5. The lowest BCUT2D eigenvalue weighted by atomic mass is 9.97. The minimum Gasteiger partial charge on any atom is -0.351 e. The van der Waals surface area contributed by atoms with E-state index in [0.29, 0.717) is 15.7 Å². The van der Waals surface area contributed by atoms with Crippen LogP contribution in [-0.4, -0.2) is 19.7 Å². The van der Waals surface area contributed by atoms with Crippen molar-refractivity contribution in [1.29, 1.82) is 0 Å². The maximum Gasteiger partial charge on any atom is 0.200 e. The third-order valence-electron chi connectivity index (χ3n) is 5.53. The summed E-state index contributed by atoms with van der Waals surface area (Å²) in [7, 11) is 0. The molecule has 2 N–H and O–H groups in total. The molecule has 3 aromatic carbocycles. The maximum atomic E-state index is 6.18. The van der Waals surface area contributed by atoms with E-state index in [0.717, 1.165) is 39.2 Å². The number of hydrogen-bond acceptors (Lipinski definition) is 2. The van der Waals surface area contributed by atoms with Gasteiger partial charge in [0.05, 0.1) is 16.9 Å². The van der Waals surface area contributed by atoms with Gasteiger partial charge in [-0.15, -0.1) is 0 Å². The topological polar surface area (TPSA) is 49.4 Å². The van der Waals surface area contributed by atoms with E-state index in [9.17, 15) is 0 Å². The Labute approximate surface area is 190 Å². The number of aromatic nitrogens is 4. The standard InChI is InChI=1S/C25H21ClN4S/c1-15(2)19-9-6-10-20-21(16-11-13-17(26)14-12-16)23(27-22(19)20)24-28-29-25(31)30(24)18-7-4-3-5-8-18/h3-15,27H,1-2H3,(H,29,31). The van der Waals surface area contributed by atoms with Crippen LogP contribution in [0.4, 0.5) is 0 Å². The lowest BCUT2D eigenvalue weighted by Crippen LogP contribution is -1.98. The van der Waals surface area contributed by atoms with Crippen LogP contribution in [0.2, 0.25) is 5.02 Å². The molecule has 0 bridgehead atoms. The first-order valence-corrected chi connectivity index (χ1v) is 11.0. The Kier molecular flexibility index (Phi) is 5.00. The number of H-pyrrole nitrogens is 2. The zero-order valence-electron chi connectivity index (χ0n) is 17.2. The highest BCUT2D eigenvalue weighted by Gasteiger charge is 2.22. The fourth-order valence-corrected chi connectivity index (χ4v) is 4.45. The Morgan fingerprint density at radius 3 is 2.39 bits per heavy atom. The molecule has 154 valence electrons. The normalized spacial score (nSPS) is 11.5. The molecule has 2 aromatic heterocycles. The number of aromatic amines is 2. The molecule has 0 fully saturated rings. The second kappa shape index (κ2) is 7.84. The van der Waals surface area contributed by atoms with Crippen LogP contribution in [0.25, 0.3) is 39.2 Å². The summed E-state index contributed by atoms with van der Waals surface area (Å²) in [5.41, 5.74) is 6.41. The molecule has 6 heteroatoms. The Hall–Kier alpha value is -3.15. The van der Waals surface area contributed by atoms with Gasteiger partial charge in [0.2, 0.25) is 0 Å². The summed E-state index contributed by atoms with van der Waals surface area (Å²) in [6.07, 6.45) is 0. The number of fused-ring (bicyclic) bond motifs is 1. The highest BCUT2D eigenvalue weighted by Crippen LogP contribution is 2.40. The molecule has 5 aromatic rings. The third kappa shape index (κ3) is 3.40. The largest absolute Gasteiger partial charge is 0.351 e. The zero-order valence-corrected chi connectivity index (χ0v) is 18.8. The predicted molar refractivity (Wildman–Crippen MR) is 131 cm³/mol. The SMILES string of the molecule is CC(C)c1cccc2c(-c3ccc(Cl)cc3)c(-c3n[nH]c(=S)n3-c3ccccc3)[nH]c12. The molecule has 0 radical (unpaired) electrons. The van der Waals surface area contributed by atoms with Crippen LogP contribution in [0.1, 0.15) is 25.3 Å². The van der Waals surface area contributed by atoms with Gasteiger partial charge < -0.3 is 4.98 Å². The van der Waals surface area contributed by atoms with Gasteiger partial charge >= 0.3 is 0 Å². The number of benzene rings is 3. The molecule has 31 heavy (non-hydrogen) atoms. The summed E-state index contributed by atoms with van der Waals surface area (Å²) < 4.78 is 2.51. The molecule has 2 heterocycles. The first kappa shape index (κ1) is 19.8. The van der Waals surface area contributed by atoms with E-state index in [4.69, 9.17) is 23.8 Å². The fourth-order valence-electron chi connectivity index (χ4n) is 4.09. The van der Waals surface area contributed by atoms with Crippen molar-refractivity contribution in [2.24, 2.45) is 0 Å². The number of nitrogens with zero attached hydrogens (tertiary/aromatic N) is 2. The van der Waals surface area contributed by atoms with Crippen molar-refractivity contribution in [2.75, 3.05) is 0 Å². The molecule has 0 aliphatic heterocycles. The van der Waals surface area contributed by atoms with E-state index in [-0.39, 0.29) is 0 Å². The summed E-state index contributed by atoms with van der Waals surface area (Å²) in [4.78, 5) is 3.68. The molecule has 0 aliphatic carbocycles. The minimum absolute atomic E-state index is 0.378. The molecule has 0 unspecified atom stereocenters. The quantitative estimate of drug-likeness (QED) is 0.281. The summed E-state index contributed by atoms with van der Waals surface area (Å²) in [5, 5.41) is 9.46. The summed E-state index contributed by atoms with van der Waals surface area (Å²) in [5.74, 6) is 1.12. The second-order valence-electron chi connectivity index (χ2n) is 7.83. The average molecular weight is 445 g/mol. The first-order valence-electron chi connectivity index (χ1n) is 10.2. The van der Waals surface area contributed by atoms with Gasteiger partial charge in [0, 0.05) is 16.0 Å². The van der Waals surface area contributed by atoms with Gasteiger partial charge in [-0.05, 0) is 53.5 Å². The van der Waals surface area contributed by atoms with E-state index in [1.54, 1.807) is 0 Å². The van der Waals surface area contributed by atoms with Crippen LogP contribution in [0.15, 0.2) is 72.8 Å². The van der Waals surface area contributed by atoms with Crippen LogP contribution in [-0.2, 0) is 0 Å². The second-order valence-corrected chi connectivity index (χ2v) is 8.65. The van der Waals surface area contributed by atoms with Crippen molar-refractivity contribution in [3.05, 3.63) is 88.2 Å². The molecule has 0 saturated carbocycles. The molecule has 0 amide bonds. The molecule has 0 saturated heterocycles. The molecule has 5 rings (SSSR count). The highest BCUT2D eigenvalue weighted by molar-refractivity contribution is 7.71. The van der Waals surface area contributed by atoms with Crippen LogP contribution >= 0.6 is 23.8 Å². The van der Waals surface area contributed by atoms with Gasteiger partial charge in [-0.2, -0.15) is 5.10 Å². The van der Waals surface area contributed by atoms with Gasteiger partial charge in [-0.25, -0.2) is 0 Å². The average Bonchev–Trinajstić information content (AvgIpc) is 3.35. The van der Waals surface area contributed by atoms with Crippen LogP contribution in [0.5, 0.6) is 0 Å².